The van der Waals surface area contributed by atoms with Crippen LogP contribution in [0.3, 0.4) is 0 Å². The van der Waals surface area contributed by atoms with Gasteiger partial charge in [-0.1, -0.05) is 5.16 Å². The summed E-state index contributed by atoms with van der Waals surface area (Å²) in [4.78, 5) is 13.4. The Kier molecular flexibility index (Phi) is 5.57. The summed E-state index contributed by atoms with van der Waals surface area (Å²) in [6.45, 7) is 7.37. The van der Waals surface area contributed by atoms with Crippen LogP contribution in [0.1, 0.15) is 32.7 Å². The molecule has 7 nitrogen and oxygen atoms in total. The van der Waals surface area contributed by atoms with Crippen LogP contribution >= 0.6 is 11.3 Å². The number of ether oxygens (including phenoxy) is 1. The predicted molar refractivity (Wildman–Crippen MR) is 107 cm³/mol. The first kappa shape index (κ1) is 20.1. The quantitative estimate of drug-likeness (QED) is 0.597. The number of benzene rings is 1. The third-order valence-corrected chi connectivity index (χ3v) is 6.70. The van der Waals surface area contributed by atoms with E-state index in [9.17, 15) is 13.2 Å². The van der Waals surface area contributed by atoms with E-state index in [1.54, 1.807) is 26.8 Å². The smallest absolute Gasteiger partial charge is 0.338 e. The van der Waals surface area contributed by atoms with Crippen molar-refractivity contribution in [2.24, 2.45) is 0 Å². The zero-order valence-electron chi connectivity index (χ0n) is 15.9. The number of rotatable bonds is 6. The lowest BCUT2D eigenvalue weighted by atomic mass is 10.2. The molecule has 0 fully saturated rings. The SMILES string of the molecule is CCOC(=O)c1ccc(NS(=O)(=O)c2c(C)sc(C)c2-c2cc(C)no2)cc1. The van der Waals surface area contributed by atoms with E-state index in [4.69, 9.17) is 9.26 Å². The van der Waals surface area contributed by atoms with E-state index in [0.29, 0.717) is 33.1 Å². The van der Waals surface area contributed by atoms with E-state index in [1.807, 2.05) is 6.92 Å². The van der Waals surface area contributed by atoms with Gasteiger partial charge in [0.1, 0.15) is 4.90 Å². The van der Waals surface area contributed by atoms with Crippen LogP contribution in [0, 0.1) is 20.8 Å². The summed E-state index contributed by atoms with van der Waals surface area (Å²) < 4.78 is 39.0. The van der Waals surface area contributed by atoms with Gasteiger partial charge in [-0.15, -0.1) is 11.3 Å². The zero-order valence-corrected chi connectivity index (χ0v) is 17.5. The molecule has 2 heterocycles. The topological polar surface area (TPSA) is 98.5 Å². The van der Waals surface area contributed by atoms with Gasteiger partial charge in [0.25, 0.3) is 10.0 Å². The van der Waals surface area contributed by atoms with Gasteiger partial charge >= 0.3 is 5.97 Å². The van der Waals surface area contributed by atoms with Gasteiger partial charge in [0.15, 0.2) is 5.76 Å². The van der Waals surface area contributed by atoms with Crippen molar-refractivity contribution in [2.45, 2.75) is 32.6 Å². The molecule has 3 rings (SSSR count). The van der Waals surface area contributed by atoms with Crippen LogP contribution in [0.5, 0.6) is 0 Å². The molecule has 0 saturated heterocycles. The Morgan fingerprint density at radius 3 is 2.43 bits per heavy atom. The van der Waals surface area contributed by atoms with E-state index in [-0.39, 0.29) is 11.5 Å². The summed E-state index contributed by atoms with van der Waals surface area (Å²) in [5.41, 5.74) is 1.88. The second-order valence-electron chi connectivity index (χ2n) is 6.15. The van der Waals surface area contributed by atoms with E-state index < -0.39 is 16.0 Å². The van der Waals surface area contributed by atoms with Gasteiger partial charge in [0, 0.05) is 21.5 Å². The van der Waals surface area contributed by atoms with Crippen molar-refractivity contribution in [3.8, 4) is 11.3 Å². The van der Waals surface area contributed by atoms with E-state index in [1.165, 1.54) is 35.6 Å². The number of aryl methyl sites for hydroxylation is 3. The summed E-state index contributed by atoms with van der Waals surface area (Å²) in [5.74, 6) is -0.0402. The van der Waals surface area contributed by atoms with Crippen LogP contribution in [0.4, 0.5) is 5.69 Å². The molecule has 1 aromatic carbocycles. The Labute approximate surface area is 167 Å². The highest BCUT2D eigenvalue weighted by Gasteiger charge is 2.28. The maximum Gasteiger partial charge on any atom is 0.338 e. The van der Waals surface area contributed by atoms with Crippen molar-refractivity contribution >= 4 is 33.0 Å². The lowest BCUT2D eigenvalue weighted by Gasteiger charge is -2.10. The molecule has 9 heteroatoms. The fraction of sp³-hybridized carbons (Fsp3) is 0.263. The second kappa shape index (κ2) is 7.76. The molecule has 0 aliphatic rings. The van der Waals surface area contributed by atoms with E-state index >= 15 is 0 Å². The molecule has 2 aromatic heterocycles. The number of hydrogen-bond donors (Lipinski definition) is 1. The third-order valence-electron chi connectivity index (χ3n) is 4.00. The summed E-state index contributed by atoms with van der Waals surface area (Å²) in [6, 6.07) is 7.79. The molecule has 0 spiro atoms. The number of sulfonamides is 1. The molecular formula is C19H20N2O5S2. The number of nitrogens with one attached hydrogen (secondary N) is 1. The Morgan fingerprint density at radius 1 is 1.18 bits per heavy atom. The van der Waals surface area contributed by atoms with Gasteiger partial charge in [0.2, 0.25) is 0 Å². The monoisotopic (exact) mass is 420 g/mol. The van der Waals surface area contributed by atoms with Crippen LogP contribution in [0.25, 0.3) is 11.3 Å². The summed E-state index contributed by atoms with van der Waals surface area (Å²) in [5, 5.41) is 3.86. The Bertz CT molecular complexity index is 1110. The molecule has 0 unspecified atom stereocenters. The highest BCUT2D eigenvalue weighted by Crippen LogP contribution is 2.39. The molecule has 0 saturated carbocycles. The Balaban J connectivity index is 1.95. The van der Waals surface area contributed by atoms with Crippen LogP contribution in [0.2, 0.25) is 0 Å². The molecule has 0 bridgehead atoms. The second-order valence-corrected chi connectivity index (χ2v) is 9.20. The maximum atomic E-state index is 13.1. The molecule has 28 heavy (non-hydrogen) atoms. The van der Waals surface area contributed by atoms with Crippen LogP contribution in [-0.4, -0.2) is 26.2 Å². The standard InChI is InChI=1S/C19H20N2O5S2/c1-5-25-19(22)14-6-8-15(9-7-14)21-28(23,24)18-13(4)27-12(3)17(18)16-10-11(2)20-26-16/h6-10,21H,5H2,1-4H3. The van der Waals surface area contributed by atoms with Crippen molar-refractivity contribution in [3.05, 3.63) is 51.3 Å². The van der Waals surface area contributed by atoms with Crippen LogP contribution in [-0.2, 0) is 14.8 Å². The van der Waals surface area contributed by atoms with Gasteiger partial charge in [0.05, 0.1) is 23.4 Å². The van der Waals surface area contributed by atoms with Gasteiger partial charge in [-0.3, -0.25) is 4.72 Å². The van der Waals surface area contributed by atoms with Gasteiger partial charge < -0.3 is 9.26 Å². The number of carbonyl (C=O) groups is 1. The van der Waals surface area contributed by atoms with Gasteiger partial charge in [-0.2, -0.15) is 0 Å². The van der Waals surface area contributed by atoms with Gasteiger partial charge in [-0.25, -0.2) is 13.2 Å². The van der Waals surface area contributed by atoms with Crippen LogP contribution < -0.4 is 4.72 Å². The molecule has 0 aliphatic heterocycles. The summed E-state index contributed by atoms with van der Waals surface area (Å²) in [7, 11) is -3.88. The van der Waals surface area contributed by atoms with Crippen molar-refractivity contribution in [1.82, 2.24) is 5.16 Å². The first-order chi connectivity index (χ1) is 13.2. The lowest BCUT2D eigenvalue weighted by molar-refractivity contribution is 0.0526. The number of aromatic nitrogens is 1. The Morgan fingerprint density at radius 2 is 1.86 bits per heavy atom. The molecule has 1 N–H and O–H groups in total. The number of nitrogens with zero attached hydrogens (tertiary/aromatic N) is 1. The number of carbonyl (C=O) groups excluding carboxylic acids is 1. The first-order valence-corrected chi connectivity index (χ1v) is 10.9. The van der Waals surface area contributed by atoms with Crippen molar-refractivity contribution in [3.63, 3.8) is 0 Å². The molecule has 0 radical (unpaired) electrons. The lowest BCUT2D eigenvalue weighted by Crippen LogP contribution is -2.14. The maximum absolute atomic E-state index is 13.1. The van der Waals surface area contributed by atoms with Crippen molar-refractivity contribution < 1.29 is 22.5 Å². The largest absolute Gasteiger partial charge is 0.462 e. The van der Waals surface area contributed by atoms with Crippen molar-refractivity contribution in [2.75, 3.05) is 11.3 Å². The Hall–Kier alpha value is -2.65. The average molecular weight is 421 g/mol. The third kappa shape index (κ3) is 3.95. The van der Waals surface area contributed by atoms with Gasteiger partial charge in [-0.05, 0) is 52.0 Å². The normalized spacial score (nSPS) is 11.4. The molecule has 0 amide bonds. The summed E-state index contributed by atoms with van der Waals surface area (Å²) >= 11 is 1.38. The fourth-order valence-corrected chi connectivity index (χ4v) is 5.78. The minimum Gasteiger partial charge on any atom is -0.462 e. The highest BCUT2D eigenvalue weighted by atomic mass is 32.2. The number of thiophene rings is 1. The molecule has 3 aromatic rings. The molecule has 0 atom stereocenters. The number of hydrogen-bond acceptors (Lipinski definition) is 7. The van der Waals surface area contributed by atoms with Crippen LogP contribution in [0.15, 0.2) is 39.8 Å². The predicted octanol–water partition coefficient (Wildman–Crippen LogP) is 4.31. The fourth-order valence-electron chi connectivity index (χ4n) is 2.85. The summed E-state index contributed by atoms with van der Waals surface area (Å²) in [6.07, 6.45) is 0. The van der Waals surface area contributed by atoms with Crippen molar-refractivity contribution in [1.29, 1.82) is 0 Å². The zero-order chi connectivity index (χ0) is 20.5. The van der Waals surface area contributed by atoms with E-state index in [0.717, 1.165) is 4.88 Å². The first-order valence-electron chi connectivity index (χ1n) is 8.56. The molecule has 0 aliphatic carbocycles. The molecular weight excluding hydrogens is 400 g/mol. The molecule has 148 valence electrons. The average Bonchev–Trinajstić information content (AvgIpc) is 3.17. The van der Waals surface area contributed by atoms with E-state index in [2.05, 4.69) is 9.88 Å². The number of esters is 1. The minimum absolute atomic E-state index is 0.167. The number of anilines is 1. The minimum atomic E-state index is -3.88. The highest BCUT2D eigenvalue weighted by molar-refractivity contribution is 7.93.